The summed E-state index contributed by atoms with van der Waals surface area (Å²) in [5, 5.41) is 2.76. The van der Waals surface area contributed by atoms with Crippen molar-refractivity contribution in [1.82, 2.24) is 0 Å². The van der Waals surface area contributed by atoms with Crippen LogP contribution in [0.5, 0.6) is 0 Å². The van der Waals surface area contributed by atoms with Crippen LogP contribution in [0.1, 0.15) is 37.5 Å². The number of hydrogen-bond donors (Lipinski definition) is 0. The first-order chi connectivity index (χ1) is 7.38. The van der Waals surface area contributed by atoms with Gasteiger partial charge in [-0.1, -0.05) is 62.2 Å². The van der Waals surface area contributed by atoms with Crippen LogP contribution in [0.2, 0.25) is 0 Å². The van der Waals surface area contributed by atoms with E-state index >= 15 is 0 Å². The van der Waals surface area contributed by atoms with Crippen molar-refractivity contribution in [3.8, 4) is 0 Å². The summed E-state index contributed by atoms with van der Waals surface area (Å²) in [6.07, 6.45) is 0. The highest BCUT2D eigenvalue weighted by Gasteiger charge is 2.17. The molecule has 0 saturated carbocycles. The summed E-state index contributed by atoms with van der Waals surface area (Å²) in [6.45, 7) is 11.2. The molecule has 0 saturated heterocycles. The highest BCUT2D eigenvalue weighted by atomic mass is 14.2. The van der Waals surface area contributed by atoms with Gasteiger partial charge in [0.05, 0.1) is 0 Å². The van der Waals surface area contributed by atoms with E-state index in [2.05, 4.69) is 65.0 Å². The van der Waals surface area contributed by atoms with Crippen molar-refractivity contribution in [2.24, 2.45) is 0 Å². The molecule has 0 N–H and O–H groups in total. The zero-order valence-electron chi connectivity index (χ0n) is 10.9. The molecule has 0 aromatic heterocycles. The summed E-state index contributed by atoms with van der Waals surface area (Å²) in [5.41, 5.74) is 4.34. The summed E-state index contributed by atoms with van der Waals surface area (Å²) < 4.78 is 0. The first-order valence-corrected chi connectivity index (χ1v) is 5.89. The lowest BCUT2D eigenvalue weighted by molar-refractivity contribution is 0.595. The maximum absolute atomic E-state index is 2.32. The molecule has 2 aromatic carbocycles. The van der Waals surface area contributed by atoms with Crippen molar-refractivity contribution in [3.63, 3.8) is 0 Å². The largest absolute Gasteiger partial charge is 0.0587 e. The molecule has 0 heterocycles. The molecule has 0 fully saturated rings. The van der Waals surface area contributed by atoms with E-state index in [4.69, 9.17) is 0 Å². The molecular weight excluding hydrogens is 192 g/mol. The van der Waals surface area contributed by atoms with Crippen molar-refractivity contribution in [3.05, 3.63) is 47.0 Å². The van der Waals surface area contributed by atoms with Crippen LogP contribution in [0, 0.1) is 13.8 Å². The Morgan fingerprint density at radius 1 is 0.812 bits per heavy atom. The molecule has 0 aliphatic rings. The molecule has 2 aromatic rings. The van der Waals surface area contributed by atoms with Crippen LogP contribution < -0.4 is 0 Å². The van der Waals surface area contributed by atoms with Crippen LogP contribution in [0.15, 0.2) is 30.3 Å². The lowest BCUT2D eigenvalue weighted by atomic mass is 9.82. The molecule has 16 heavy (non-hydrogen) atoms. The van der Waals surface area contributed by atoms with Crippen molar-refractivity contribution < 1.29 is 0 Å². The van der Waals surface area contributed by atoms with E-state index < -0.39 is 0 Å². The van der Waals surface area contributed by atoms with Crippen molar-refractivity contribution in [2.45, 2.75) is 40.0 Å². The van der Waals surface area contributed by atoms with Gasteiger partial charge in [-0.25, -0.2) is 0 Å². The van der Waals surface area contributed by atoms with Crippen molar-refractivity contribution in [2.75, 3.05) is 0 Å². The van der Waals surface area contributed by atoms with Gasteiger partial charge in [0.25, 0.3) is 0 Å². The lowest BCUT2D eigenvalue weighted by Crippen LogP contribution is -2.12. The summed E-state index contributed by atoms with van der Waals surface area (Å²) in [7, 11) is 0. The third-order valence-corrected chi connectivity index (χ3v) is 3.06. The predicted octanol–water partition coefficient (Wildman–Crippen LogP) is 4.75. The fourth-order valence-corrected chi connectivity index (χ4v) is 2.24. The molecule has 84 valence electrons. The molecule has 2 rings (SSSR count). The van der Waals surface area contributed by atoms with E-state index in [1.165, 1.54) is 27.5 Å². The normalized spacial score (nSPS) is 12.1. The fourth-order valence-electron chi connectivity index (χ4n) is 2.24. The van der Waals surface area contributed by atoms with Crippen LogP contribution in [0.25, 0.3) is 10.8 Å². The summed E-state index contributed by atoms with van der Waals surface area (Å²) in [4.78, 5) is 0. The highest BCUT2D eigenvalue weighted by molar-refractivity contribution is 5.88. The number of rotatable bonds is 0. The minimum Gasteiger partial charge on any atom is -0.0587 e. The SMILES string of the molecule is Cc1cc(C(C)(C)C)c2cc(C)ccc2c1. The maximum Gasteiger partial charge on any atom is -0.0126 e. The van der Waals surface area contributed by atoms with Gasteiger partial charge in [0, 0.05) is 0 Å². The van der Waals surface area contributed by atoms with E-state index in [0.717, 1.165) is 0 Å². The van der Waals surface area contributed by atoms with Crippen molar-refractivity contribution >= 4 is 10.8 Å². The topological polar surface area (TPSA) is 0 Å². The Morgan fingerprint density at radius 2 is 1.50 bits per heavy atom. The van der Waals surface area contributed by atoms with Crippen LogP contribution >= 0.6 is 0 Å². The second-order valence-corrected chi connectivity index (χ2v) is 5.79. The van der Waals surface area contributed by atoms with Gasteiger partial charge in [-0.3, -0.25) is 0 Å². The summed E-state index contributed by atoms with van der Waals surface area (Å²) in [6, 6.07) is 11.3. The molecule has 0 radical (unpaired) electrons. The third-order valence-electron chi connectivity index (χ3n) is 3.06. The molecule has 0 heteroatoms. The average molecular weight is 212 g/mol. The Kier molecular flexibility index (Phi) is 2.53. The van der Waals surface area contributed by atoms with Crippen LogP contribution in [-0.4, -0.2) is 0 Å². The Labute approximate surface area is 98.3 Å². The Balaban J connectivity index is 2.85. The standard InChI is InChI=1S/C16H20/c1-11-6-7-13-8-12(2)10-15(14(13)9-11)16(3,4)5/h6-10H,1-5H3. The van der Waals surface area contributed by atoms with E-state index in [9.17, 15) is 0 Å². The van der Waals surface area contributed by atoms with Gasteiger partial charge in [0.1, 0.15) is 0 Å². The van der Waals surface area contributed by atoms with Gasteiger partial charge in [-0.05, 0) is 35.6 Å². The minimum absolute atomic E-state index is 0.206. The van der Waals surface area contributed by atoms with Gasteiger partial charge >= 0.3 is 0 Å². The molecule has 0 aliphatic carbocycles. The monoisotopic (exact) mass is 212 g/mol. The summed E-state index contributed by atoms with van der Waals surface area (Å²) >= 11 is 0. The Morgan fingerprint density at radius 3 is 2.12 bits per heavy atom. The molecular formula is C16H20. The average Bonchev–Trinajstić information content (AvgIpc) is 2.16. The van der Waals surface area contributed by atoms with Crippen LogP contribution in [0.3, 0.4) is 0 Å². The molecule has 0 amide bonds. The lowest BCUT2D eigenvalue weighted by Gasteiger charge is -2.22. The smallest absolute Gasteiger partial charge is 0.0126 e. The Hall–Kier alpha value is -1.30. The quantitative estimate of drug-likeness (QED) is 0.591. The molecule has 0 nitrogen and oxygen atoms in total. The highest BCUT2D eigenvalue weighted by Crippen LogP contribution is 2.31. The molecule has 0 bridgehead atoms. The molecule has 0 spiro atoms. The van der Waals surface area contributed by atoms with Gasteiger partial charge in [0.2, 0.25) is 0 Å². The van der Waals surface area contributed by atoms with E-state index in [0.29, 0.717) is 0 Å². The van der Waals surface area contributed by atoms with E-state index in [1.54, 1.807) is 0 Å². The number of hydrogen-bond acceptors (Lipinski definition) is 0. The maximum atomic E-state index is 2.32. The second-order valence-electron chi connectivity index (χ2n) is 5.79. The number of benzene rings is 2. The predicted molar refractivity (Wildman–Crippen MR) is 72.1 cm³/mol. The van der Waals surface area contributed by atoms with Crippen LogP contribution in [0.4, 0.5) is 0 Å². The molecule has 0 atom stereocenters. The molecule has 0 unspecified atom stereocenters. The third kappa shape index (κ3) is 1.97. The van der Waals surface area contributed by atoms with Gasteiger partial charge in [-0.2, -0.15) is 0 Å². The van der Waals surface area contributed by atoms with Crippen LogP contribution in [-0.2, 0) is 5.41 Å². The summed E-state index contributed by atoms with van der Waals surface area (Å²) in [5.74, 6) is 0. The minimum atomic E-state index is 0.206. The zero-order valence-corrected chi connectivity index (χ0v) is 10.9. The van der Waals surface area contributed by atoms with Gasteiger partial charge in [-0.15, -0.1) is 0 Å². The second kappa shape index (κ2) is 3.62. The zero-order chi connectivity index (χ0) is 11.9. The number of fused-ring (bicyclic) bond motifs is 1. The van der Waals surface area contributed by atoms with Gasteiger partial charge in [0.15, 0.2) is 0 Å². The van der Waals surface area contributed by atoms with E-state index in [-0.39, 0.29) is 5.41 Å². The van der Waals surface area contributed by atoms with E-state index in [1.807, 2.05) is 0 Å². The van der Waals surface area contributed by atoms with Crippen molar-refractivity contribution in [1.29, 1.82) is 0 Å². The fraction of sp³-hybridized carbons (Fsp3) is 0.375. The number of aryl methyl sites for hydroxylation is 2. The first-order valence-electron chi connectivity index (χ1n) is 5.89. The van der Waals surface area contributed by atoms with Gasteiger partial charge < -0.3 is 0 Å². The molecule has 0 aliphatic heterocycles. The first kappa shape index (κ1) is 11.2. The Bertz CT molecular complexity index is 527.